The first-order valence-electron chi connectivity index (χ1n) is 7.86. The third kappa shape index (κ3) is 5.70. The van der Waals surface area contributed by atoms with Gasteiger partial charge in [0.05, 0.1) is 12.6 Å². The Balaban J connectivity index is 1.86. The van der Waals surface area contributed by atoms with E-state index < -0.39 is 0 Å². The van der Waals surface area contributed by atoms with Gasteiger partial charge in [0, 0.05) is 0 Å². The van der Waals surface area contributed by atoms with Gasteiger partial charge in [0.2, 0.25) is 0 Å². The summed E-state index contributed by atoms with van der Waals surface area (Å²) in [5.41, 5.74) is 5.72. The fourth-order valence-electron chi connectivity index (χ4n) is 2.38. The van der Waals surface area contributed by atoms with E-state index in [2.05, 4.69) is 54.9 Å². The van der Waals surface area contributed by atoms with Crippen LogP contribution in [0, 0.1) is 0 Å². The maximum absolute atomic E-state index is 5.72. The predicted molar refractivity (Wildman–Crippen MR) is 87.7 cm³/mol. The Hall–Kier alpha value is -1.64. The van der Waals surface area contributed by atoms with Crippen LogP contribution in [0.2, 0.25) is 0 Å². The van der Waals surface area contributed by atoms with E-state index in [0.29, 0.717) is 6.61 Å². The number of unbranched alkanes of at least 4 members (excludes halogenated alkanes) is 2. The minimum Gasteiger partial charge on any atom is -0.296 e. The molecule has 0 heterocycles. The maximum atomic E-state index is 5.72. The molecule has 1 unspecified atom stereocenters. The number of nitrogens with one attached hydrogen (secondary N) is 1. The summed E-state index contributed by atoms with van der Waals surface area (Å²) in [6.07, 6.45) is 4.83. The summed E-state index contributed by atoms with van der Waals surface area (Å²) in [5.74, 6) is 0. The monoisotopic (exact) mass is 283 g/mol. The van der Waals surface area contributed by atoms with E-state index in [1.54, 1.807) is 0 Å². The summed E-state index contributed by atoms with van der Waals surface area (Å²) in [6, 6.07) is 21.1. The number of hydrogen-bond acceptors (Lipinski definition) is 2. The molecule has 1 atom stereocenters. The highest BCUT2D eigenvalue weighted by Gasteiger charge is 2.10. The second-order valence-electron chi connectivity index (χ2n) is 5.35. The van der Waals surface area contributed by atoms with Crippen molar-refractivity contribution in [3.8, 4) is 0 Å². The smallest absolute Gasteiger partial charge is 0.0933 e. The molecule has 2 aromatic rings. The van der Waals surface area contributed by atoms with Crippen molar-refractivity contribution in [3.63, 3.8) is 0 Å². The van der Waals surface area contributed by atoms with Crippen LogP contribution in [0.3, 0.4) is 0 Å². The van der Waals surface area contributed by atoms with Crippen molar-refractivity contribution in [1.82, 2.24) is 5.48 Å². The highest BCUT2D eigenvalue weighted by molar-refractivity contribution is 5.18. The number of hydroxylamine groups is 1. The Kier molecular flexibility index (Phi) is 6.99. The number of hydrogen-bond donors (Lipinski definition) is 1. The zero-order valence-corrected chi connectivity index (χ0v) is 12.8. The molecule has 1 N–H and O–H groups in total. The summed E-state index contributed by atoms with van der Waals surface area (Å²) < 4.78 is 0. The van der Waals surface area contributed by atoms with Gasteiger partial charge in [-0.2, -0.15) is 5.48 Å². The number of benzene rings is 2. The molecule has 2 heteroatoms. The summed E-state index contributed by atoms with van der Waals surface area (Å²) in [5, 5.41) is 0. The average Bonchev–Trinajstić information content (AvgIpc) is 2.55. The van der Waals surface area contributed by atoms with E-state index in [9.17, 15) is 0 Å². The zero-order valence-electron chi connectivity index (χ0n) is 12.8. The molecule has 0 aliphatic carbocycles. The van der Waals surface area contributed by atoms with Gasteiger partial charge in [-0.1, -0.05) is 86.8 Å². The molecule has 2 nitrogen and oxygen atoms in total. The predicted octanol–water partition coefficient (Wildman–Crippen LogP) is 5.03. The minimum absolute atomic E-state index is 0.265. The highest BCUT2D eigenvalue weighted by Crippen LogP contribution is 2.20. The van der Waals surface area contributed by atoms with Gasteiger partial charge in [-0.3, -0.25) is 4.84 Å². The molecule has 0 aliphatic rings. The van der Waals surface area contributed by atoms with Crippen LogP contribution in [0.25, 0.3) is 0 Å². The van der Waals surface area contributed by atoms with Crippen LogP contribution < -0.4 is 5.48 Å². The molecule has 0 fully saturated rings. The molecule has 0 aromatic heterocycles. The summed E-state index contributed by atoms with van der Waals surface area (Å²) in [7, 11) is 0. The molecule has 0 saturated heterocycles. The quantitative estimate of drug-likeness (QED) is 0.515. The van der Waals surface area contributed by atoms with E-state index in [1.165, 1.54) is 30.4 Å². The highest BCUT2D eigenvalue weighted by atomic mass is 16.6. The lowest BCUT2D eigenvalue weighted by Crippen LogP contribution is -2.21. The second-order valence-corrected chi connectivity index (χ2v) is 5.35. The van der Waals surface area contributed by atoms with E-state index in [4.69, 9.17) is 4.84 Å². The van der Waals surface area contributed by atoms with Gasteiger partial charge < -0.3 is 0 Å². The standard InChI is InChI=1S/C19H25NO/c1-2-3-6-15-19(18-13-9-5-10-14-18)20-21-16-17-11-7-4-8-12-17/h4-5,7-14,19-20H,2-3,6,15-16H2,1H3. The third-order valence-corrected chi connectivity index (χ3v) is 3.61. The zero-order chi connectivity index (χ0) is 14.8. The van der Waals surface area contributed by atoms with Crippen LogP contribution in [0.5, 0.6) is 0 Å². The van der Waals surface area contributed by atoms with Gasteiger partial charge in [0.25, 0.3) is 0 Å². The van der Waals surface area contributed by atoms with Crippen molar-refractivity contribution in [2.45, 2.75) is 45.3 Å². The van der Waals surface area contributed by atoms with E-state index >= 15 is 0 Å². The molecule has 2 aromatic carbocycles. The first kappa shape index (κ1) is 15.7. The lowest BCUT2D eigenvalue weighted by molar-refractivity contribution is 0.000440. The molecular weight excluding hydrogens is 258 g/mol. The second kappa shape index (κ2) is 9.32. The third-order valence-electron chi connectivity index (χ3n) is 3.61. The van der Waals surface area contributed by atoms with Crippen LogP contribution in [-0.2, 0) is 11.4 Å². The Morgan fingerprint density at radius 1 is 0.905 bits per heavy atom. The fraction of sp³-hybridized carbons (Fsp3) is 0.368. The Morgan fingerprint density at radius 3 is 2.24 bits per heavy atom. The van der Waals surface area contributed by atoms with Gasteiger partial charge in [-0.15, -0.1) is 0 Å². The Morgan fingerprint density at radius 2 is 1.57 bits per heavy atom. The average molecular weight is 283 g/mol. The first-order chi connectivity index (χ1) is 10.4. The molecule has 0 bridgehead atoms. The van der Waals surface area contributed by atoms with Gasteiger partial charge in [-0.25, -0.2) is 0 Å². The van der Waals surface area contributed by atoms with Gasteiger partial charge in [-0.05, 0) is 17.5 Å². The first-order valence-corrected chi connectivity index (χ1v) is 7.86. The molecule has 0 saturated carbocycles. The largest absolute Gasteiger partial charge is 0.296 e. The summed E-state index contributed by atoms with van der Waals surface area (Å²) in [4.78, 5) is 5.72. The molecule has 21 heavy (non-hydrogen) atoms. The van der Waals surface area contributed by atoms with Crippen molar-refractivity contribution < 1.29 is 4.84 Å². The normalized spacial score (nSPS) is 12.2. The lowest BCUT2D eigenvalue weighted by atomic mass is 10.0. The van der Waals surface area contributed by atoms with Crippen molar-refractivity contribution >= 4 is 0 Å². The van der Waals surface area contributed by atoms with Crippen molar-refractivity contribution in [1.29, 1.82) is 0 Å². The van der Waals surface area contributed by atoms with Crippen molar-refractivity contribution in [3.05, 3.63) is 71.8 Å². The van der Waals surface area contributed by atoms with Gasteiger partial charge in [0.1, 0.15) is 0 Å². The molecule has 0 amide bonds. The number of rotatable bonds is 9. The molecule has 2 rings (SSSR count). The molecule has 0 spiro atoms. The minimum atomic E-state index is 0.265. The van der Waals surface area contributed by atoms with Crippen LogP contribution >= 0.6 is 0 Å². The van der Waals surface area contributed by atoms with Gasteiger partial charge in [0.15, 0.2) is 0 Å². The van der Waals surface area contributed by atoms with Crippen LogP contribution in [0.4, 0.5) is 0 Å². The fourth-order valence-corrected chi connectivity index (χ4v) is 2.38. The van der Waals surface area contributed by atoms with E-state index in [-0.39, 0.29) is 6.04 Å². The van der Waals surface area contributed by atoms with E-state index in [0.717, 1.165) is 6.42 Å². The van der Waals surface area contributed by atoms with Crippen LogP contribution in [0.1, 0.15) is 49.8 Å². The maximum Gasteiger partial charge on any atom is 0.0933 e. The van der Waals surface area contributed by atoms with Crippen LogP contribution in [0.15, 0.2) is 60.7 Å². The molecule has 112 valence electrons. The van der Waals surface area contributed by atoms with Gasteiger partial charge >= 0.3 is 0 Å². The molecular formula is C19H25NO. The molecule has 0 radical (unpaired) electrons. The Labute approximate surface area is 128 Å². The van der Waals surface area contributed by atoms with E-state index in [1.807, 2.05) is 18.2 Å². The van der Waals surface area contributed by atoms with Crippen molar-refractivity contribution in [2.75, 3.05) is 0 Å². The van der Waals surface area contributed by atoms with Crippen molar-refractivity contribution in [2.24, 2.45) is 0 Å². The summed E-state index contributed by atoms with van der Waals surface area (Å²) in [6.45, 7) is 2.83. The topological polar surface area (TPSA) is 21.3 Å². The SMILES string of the molecule is CCCCCC(NOCc1ccccc1)c1ccccc1. The molecule has 0 aliphatic heterocycles. The van der Waals surface area contributed by atoms with Crippen LogP contribution in [-0.4, -0.2) is 0 Å². The lowest BCUT2D eigenvalue weighted by Gasteiger charge is -2.19. The summed E-state index contributed by atoms with van der Waals surface area (Å²) >= 11 is 0. The Bertz CT molecular complexity index is 483.